The number of hydrogen-bond donors (Lipinski definition) is 3. The van der Waals surface area contributed by atoms with Crippen molar-refractivity contribution in [2.75, 3.05) is 27.3 Å². The summed E-state index contributed by atoms with van der Waals surface area (Å²) >= 11 is 0. The molecule has 1 rings (SSSR count). The van der Waals surface area contributed by atoms with Gasteiger partial charge in [-0.15, -0.1) is 24.0 Å². The summed E-state index contributed by atoms with van der Waals surface area (Å²) in [6.07, 6.45) is 1.39. The lowest BCUT2D eigenvalue weighted by atomic mass is 9.98. The molecule has 0 unspecified atom stereocenters. The van der Waals surface area contributed by atoms with Crippen molar-refractivity contribution in [2.45, 2.75) is 45.8 Å². The van der Waals surface area contributed by atoms with E-state index in [0.717, 1.165) is 23.6 Å². The topological polar surface area (TPSA) is 75.1 Å². The first kappa shape index (κ1) is 23.8. The van der Waals surface area contributed by atoms with Crippen LogP contribution in [0.25, 0.3) is 0 Å². The third-order valence-electron chi connectivity index (χ3n) is 4.15. The van der Waals surface area contributed by atoms with Crippen molar-refractivity contribution in [3.8, 4) is 11.5 Å². The lowest BCUT2D eigenvalue weighted by Gasteiger charge is -2.26. The van der Waals surface area contributed by atoms with Crippen LogP contribution in [-0.4, -0.2) is 44.0 Å². The van der Waals surface area contributed by atoms with Crippen LogP contribution in [0, 0.1) is 0 Å². The summed E-state index contributed by atoms with van der Waals surface area (Å²) in [5.41, 5.74) is 0.255. The molecule has 0 aromatic heterocycles. The second-order valence-electron chi connectivity index (χ2n) is 5.66. The highest BCUT2D eigenvalue weighted by atomic mass is 127. The van der Waals surface area contributed by atoms with E-state index in [9.17, 15) is 5.11 Å². The predicted molar refractivity (Wildman–Crippen MR) is 113 cm³/mol. The van der Waals surface area contributed by atoms with E-state index in [4.69, 9.17) is 9.47 Å². The molecule has 0 bridgehead atoms. The largest absolute Gasteiger partial charge is 0.497 e. The Morgan fingerprint density at radius 1 is 1.12 bits per heavy atom. The van der Waals surface area contributed by atoms with Crippen molar-refractivity contribution >= 4 is 29.9 Å². The maximum atomic E-state index is 10.4. The average molecular weight is 465 g/mol. The summed E-state index contributed by atoms with van der Waals surface area (Å²) < 4.78 is 10.6. The molecule has 0 aliphatic heterocycles. The first-order valence-electron chi connectivity index (χ1n) is 8.47. The molecule has 0 saturated heterocycles. The van der Waals surface area contributed by atoms with E-state index in [-0.39, 0.29) is 24.0 Å². The van der Waals surface area contributed by atoms with Crippen LogP contribution >= 0.6 is 24.0 Å². The molecule has 144 valence electrons. The molecule has 1 aromatic carbocycles. The van der Waals surface area contributed by atoms with Crippen LogP contribution in [0.5, 0.6) is 11.5 Å². The van der Waals surface area contributed by atoms with Gasteiger partial charge in [0.15, 0.2) is 5.96 Å². The van der Waals surface area contributed by atoms with E-state index in [2.05, 4.69) is 15.6 Å². The van der Waals surface area contributed by atoms with Crippen LogP contribution in [0.2, 0.25) is 0 Å². The summed E-state index contributed by atoms with van der Waals surface area (Å²) in [7, 11) is 3.26. The van der Waals surface area contributed by atoms with Gasteiger partial charge in [-0.1, -0.05) is 13.8 Å². The molecular formula is C18H32IN3O3. The van der Waals surface area contributed by atoms with Crippen molar-refractivity contribution in [1.29, 1.82) is 0 Å². The summed E-state index contributed by atoms with van der Waals surface area (Å²) in [6, 6.07) is 5.68. The Balaban J connectivity index is 0.00000576. The lowest BCUT2D eigenvalue weighted by molar-refractivity contribution is 0.0367. The van der Waals surface area contributed by atoms with Gasteiger partial charge in [0.1, 0.15) is 11.5 Å². The van der Waals surface area contributed by atoms with Gasteiger partial charge in [-0.05, 0) is 31.9 Å². The van der Waals surface area contributed by atoms with Gasteiger partial charge < -0.3 is 25.2 Å². The summed E-state index contributed by atoms with van der Waals surface area (Å²) in [4.78, 5) is 4.58. The Labute approximate surface area is 168 Å². The van der Waals surface area contributed by atoms with Gasteiger partial charge in [0.2, 0.25) is 0 Å². The molecule has 7 heteroatoms. The quantitative estimate of drug-likeness (QED) is 0.297. The SMILES string of the molecule is CCNC(=NCc1ccc(OC)cc1OC)NCC(O)(CC)CC.I. The Bertz CT molecular complexity index is 534. The number of methoxy groups -OCH3 is 2. The molecule has 0 fully saturated rings. The van der Waals surface area contributed by atoms with Crippen molar-refractivity contribution in [1.82, 2.24) is 10.6 Å². The monoisotopic (exact) mass is 465 g/mol. The number of ether oxygens (including phenoxy) is 2. The predicted octanol–water partition coefficient (Wildman–Crippen LogP) is 2.93. The standard InChI is InChI=1S/C18H31N3O3.HI/c1-6-18(22,7-2)13-21-17(19-8-3)20-12-14-9-10-15(23-4)11-16(14)24-5;/h9-11,22H,6-8,12-13H2,1-5H3,(H2,19,20,21);1H. The van der Waals surface area contributed by atoms with Crippen molar-refractivity contribution in [3.05, 3.63) is 23.8 Å². The lowest BCUT2D eigenvalue weighted by Crippen LogP contribution is -2.46. The number of benzene rings is 1. The minimum atomic E-state index is -0.714. The Kier molecular flexibility index (Phi) is 11.6. The van der Waals surface area contributed by atoms with Gasteiger partial charge in [-0.2, -0.15) is 0 Å². The molecule has 25 heavy (non-hydrogen) atoms. The van der Waals surface area contributed by atoms with E-state index in [1.807, 2.05) is 39.0 Å². The molecule has 0 saturated carbocycles. The molecular weight excluding hydrogens is 433 g/mol. The Morgan fingerprint density at radius 3 is 2.32 bits per heavy atom. The van der Waals surface area contributed by atoms with E-state index >= 15 is 0 Å². The number of hydrogen-bond acceptors (Lipinski definition) is 4. The fraction of sp³-hybridized carbons (Fsp3) is 0.611. The zero-order valence-electron chi connectivity index (χ0n) is 15.9. The van der Waals surface area contributed by atoms with Gasteiger partial charge in [0.05, 0.1) is 26.4 Å². The van der Waals surface area contributed by atoms with Gasteiger partial charge in [0.25, 0.3) is 0 Å². The second-order valence-corrected chi connectivity index (χ2v) is 5.66. The van der Waals surface area contributed by atoms with Crippen LogP contribution in [0.15, 0.2) is 23.2 Å². The van der Waals surface area contributed by atoms with Crippen LogP contribution < -0.4 is 20.1 Å². The number of nitrogens with one attached hydrogen (secondary N) is 2. The summed E-state index contributed by atoms with van der Waals surface area (Å²) in [5, 5.41) is 16.8. The molecule has 0 atom stereocenters. The van der Waals surface area contributed by atoms with Crippen molar-refractivity contribution < 1.29 is 14.6 Å². The fourth-order valence-corrected chi connectivity index (χ4v) is 2.24. The first-order valence-corrected chi connectivity index (χ1v) is 8.47. The van der Waals surface area contributed by atoms with E-state index in [0.29, 0.717) is 31.9 Å². The Hall–Kier alpha value is -1.22. The molecule has 0 amide bonds. The van der Waals surface area contributed by atoms with Gasteiger partial charge in [-0.25, -0.2) is 4.99 Å². The smallest absolute Gasteiger partial charge is 0.191 e. The van der Waals surface area contributed by atoms with E-state index < -0.39 is 5.60 Å². The molecule has 0 spiro atoms. The number of halogens is 1. The van der Waals surface area contributed by atoms with E-state index in [1.165, 1.54) is 0 Å². The van der Waals surface area contributed by atoms with Crippen molar-refractivity contribution in [2.24, 2.45) is 4.99 Å². The molecule has 0 aliphatic rings. The molecule has 1 aromatic rings. The zero-order chi connectivity index (χ0) is 18.0. The Morgan fingerprint density at radius 2 is 1.80 bits per heavy atom. The minimum absolute atomic E-state index is 0. The second kappa shape index (κ2) is 12.2. The zero-order valence-corrected chi connectivity index (χ0v) is 18.2. The minimum Gasteiger partial charge on any atom is -0.497 e. The molecule has 0 heterocycles. The van der Waals surface area contributed by atoms with Crippen LogP contribution in [0.1, 0.15) is 39.2 Å². The van der Waals surface area contributed by atoms with Gasteiger partial charge in [0, 0.05) is 24.7 Å². The fourth-order valence-electron chi connectivity index (χ4n) is 2.24. The highest BCUT2D eigenvalue weighted by Crippen LogP contribution is 2.25. The maximum Gasteiger partial charge on any atom is 0.191 e. The van der Waals surface area contributed by atoms with Gasteiger partial charge >= 0.3 is 0 Å². The number of nitrogens with zero attached hydrogens (tertiary/aromatic N) is 1. The highest BCUT2D eigenvalue weighted by molar-refractivity contribution is 14.0. The van der Waals surface area contributed by atoms with Crippen LogP contribution in [0.4, 0.5) is 0 Å². The molecule has 3 N–H and O–H groups in total. The third-order valence-corrected chi connectivity index (χ3v) is 4.15. The van der Waals surface area contributed by atoms with Crippen molar-refractivity contribution in [3.63, 3.8) is 0 Å². The highest BCUT2D eigenvalue weighted by Gasteiger charge is 2.22. The summed E-state index contributed by atoms with van der Waals surface area (Å²) in [6.45, 7) is 7.67. The number of rotatable bonds is 9. The molecule has 0 radical (unpaired) electrons. The number of aliphatic imine (C=N–C) groups is 1. The van der Waals surface area contributed by atoms with E-state index in [1.54, 1.807) is 14.2 Å². The van der Waals surface area contributed by atoms with Crippen LogP contribution in [0.3, 0.4) is 0 Å². The third kappa shape index (κ3) is 7.68. The summed E-state index contributed by atoms with van der Waals surface area (Å²) in [5.74, 6) is 2.17. The molecule has 6 nitrogen and oxygen atoms in total. The molecule has 0 aliphatic carbocycles. The normalized spacial score (nSPS) is 11.5. The number of guanidine groups is 1. The van der Waals surface area contributed by atoms with Crippen LogP contribution in [-0.2, 0) is 6.54 Å². The number of aliphatic hydroxyl groups is 1. The maximum absolute atomic E-state index is 10.4. The van der Waals surface area contributed by atoms with Gasteiger partial charge in [-0.3, -0.25) is 0 Å². The first-order chi connectivity index (χ1) is 11.5. The average Bonchev–Trinajstić information content (AvgIpc) is 2.63.